The molecule has 1 amide bonds. The van der Waals surface area contributed by atoms with E-state index in [0.29, 0.717) is 25.5 Å². The highest BCUT2D eigenvalue weighted by atomic mass is 35.5. The summed E-state index contributed by atoms with van der Waals surface area (Å²) in [4.78, 5) is 12.2. The van der Waals surface area contributed by atoms with Crippen molar-refractivity contribution in [3.8, 4) is 5.75 Å². The molecule has 5 heteroatoms. The number of hydrogen-bond donors (Lipinski definition) is 1. The smallest absolute Gasteiger partial charge is 0.224 e. The summed E-state index contributed by atoms with van der Waals surface area (Å²) in [6, 6.07) is 7.51. The second-order valence-electron chi connectivity index (χ2n) is 5.10. The molecule has 1 aromatic rings. The number of hydrogen-bond acceptors (Lipinski definition) is 3. The van der Waals surface area contributed by atoms with Gasteiger partial charge in [0.2, 0.25) is 5.91 Å². The van der Waals surface area contributed by atoms with E-state index in [1.807, 2.05) is 24.3 Å². The van der Waals surface area contributed by atoms with Crippen LogP contribution in [0, 0.1) is 0 Å². The van der Waals surface area contributed by atoms with E-state index in [1.54, 1.807) is 7.11 Å². The lowest BCUT2D eigenvalue weighted by atomic mass is 9.92. The molecule has 0 radical (unpaired) electrons. The third-order valence-corrected chi connectivity index (χ3v) is 4.15. The summed E-state index contributed by atoms with van der Waals surface area (Å²) >= 11 is 6.04. The number of benzene rings is 1. The van der Waals surface area contributed by atoms with Gasteiger partial charge in [-0.1, -0.05) is 12.1 Å². The minimum Gasteiger partial charge on any atom is -0.497 e. The number of methoxy groups -OCH3 is 1. The topological polar surface area (TPSA) is 47.6 Å². The predicted molar refractivity (Wildman–Crippen MR) is 78.3 cm³/mol. The highest BCUT2D eigenvalue weighted by Crippen LogP contribution is 2.22. The van der Waals surface area contributed by atoms with E-state index in [4.69, 9.17) is 21.1 Å². The summed E-state index contributed by atoms with van der Waals surface area (Å²) in [6.45, 7) is 1.30. The molecule has 2 rings (SSSR count). The van der Waals surface area contributed by atoms with Gasteiger partial charge in [0.15, 0.2) is 0 Å². The Hall–Kier alpha value is -1.26. The molecule has 1 N–H and O–H groups in total. The fraction of sp³-hybridized carbons (Fsp3) is 0.533. The van der Waals surface area contributed by atoms with E-state index in [1.165, 1.54) is 0 Å². The van der Waals surface area contributed by atoms with Crippen molar-refractivity contribution in [3.05, 3.63) is 29.8 Å². The van der Waals surface area contributed by atoms with Crippen LogP contribution in [-0.4, -0.2) is 37.6 Å². The van der Waals surface area contributed by atoms with Gasteiger partial charge in [-0.05, 0) is 30.5 Å². The van der Waals surface area contributed by atoms with Crippen LogP contribution in [-0.2, 0) is 16.0 Å². The van der Waals surface area contributed by atoms with Crippen LogP contribution in [0.5, 0.6) is 5.75 Å². The number of carbonyl (C=O) groups excluding carboxylic acids is 1. The molecule has 1 aliphatic rings. The number of alkyl halides is 1. The molecule has 1 heterocycles. The fourth-order valence-corrected chi connectivity index (χ4v) is 2.66. The Bertz CT molecular complexity index is 441. The zero-order valence-electron chi connectivity index (χ0n) is 11.7. The summed E-state index contributed by atoms with van der Waals surface area (Å²) < 4.78 is 10.4. The quantitative estimate of drug-likeness (QED) is 0.847. The molecule has 0 bridgehead atoms. The van der Waals surface area contributed by atoms with E-state index < -0.39 is 0 Å². The Kier molecular flexibility index (Phi) is 5.26. The maximum atomic E-state index is 12.2. The van der Waals surface area contributed by atoms with Gasteiger partial charge < -0.3 is 14.8 Å². The number of amides is 1. The Labute approximate surface area is 124 Å². The molecule has 110 valence electrons. The molecular weight excluding hydrogens is 278 g/mol. The number of nitrogens with one attached hydrogen (secondary N) is 1. The van der Waals surface area contributed by atoms with Gasteiger partial charge in [-0.25, -0.2) is 0 Å². The van der Waals surface area contributed by atoms with Gasteiger partial charge in [0.1, 0.15) is 5.75 Å². The second-order valence-corrected chi connectivity index (χ2v) is 5.37. The molecule has 1 aromatic carbocycles. The van der Waals surface area contributed by atoms with Crippen LogP contribution < -0.4 is 10.1 Å². The first kappa shape index (κ1) is 15.1. The van der Waals surface area contributed by atoms with Gasteiger partial charge in [-0.3, -0.25) is 4.79 Å². The van der Waals surface area contributed by atoms with Crippen molar-refractivity contribution in [1.82, 2.24) is 5.32 Å². The molecule has 0 spiro atoms. The van der Waals surface area contributed by atoms with Crippen molar-refractivity contribution in [3.63, 3.8) is 0 Å². The highest BCUT2D eigenvalue weighted by Gasteiger charge is 2.33. The van der Waals surface area contributed by atoms with E-state index in [-0.39, 0.29) is 11.4 Å². The molecule has 1 aliphatic heterocycles. The van der Waals surface area contributed by atoms with Crippen molar-refractivity contribution >= 4 is 17.5 Å². The molecule has 1 fully saturated rings. The lowest BCUT2D eigenvalue weighted by molar-refractivity contribution is -0.123. The molecule has 0 saturated carbocycles. The van der Waals surface area contributed by atoms with Crippen LogP contribution in [0.25, 0.3) is 0 Å². The number of ether oxygens (including phenoxy) is 2. The fourth-order valence-electron chi connectivity index (χ4n) is 2.32. The van der Waals surface area contributed by atoms with Gasteiger partial charge in [0, 0.05) is 19.1 Å². The maximum Gasteiger partial charge on any atom is 0.224 e. The number of carbonyl (C=O) groups is 1. The van der Waals surface area contributed by atoms with Crippen molar-refractivity contribution < 1.29 is 14.3 Å². The van der Waals surface area contributed by atoms with E-state index in [2.05, 4.69) is 5.32 Å². The first-order chi connectivity index (χ1) is 9.67. The van der Waals surface area contributed by atoms with Crippen LogP contribution in [0.15, 0.2) is 24.3 Å². The molecule has 0 aromatic heterocycles. The van der Waals surface area contributed by atoms with Gasteiger partial charge in [-0.15, -0.1) is 11.6 Å². The summed E-state index contributed by atoms with van der Waals surface area (Å²) in [5.41, 5.74) is 0.642. The van der Waals surface area contributed by atoms with Crippen molar-refractivity contribution in [2.75, 3.05) is 26.2 Å². The molecule has 0 aliphatic carbocycles. The summed E-state index contributed by atoms with van der Waals surface area (Å²) in [5.74, 6) is 1.21. The predicted octanol–water partition coefficient (Wildman–Crippen LogP) is 2.14. The van der Waals surface area contributed by atoms with E-state index >= 15 is 0 Å². The normalized spacial score (nSPS) is 17.5. The van der Waals surface area contributed by atoms with E-state index in [0.717, 1.165) is 24.2 Å². The lowest BCUT2D eigenvalue weighted by Crippen LogP contribution is -2.53. The standard InChI is InChI=1S/C15H20ClNO3/c1-19-13-4-2-12(3-5-13)10-14(18)17-15(11-16)6-8-20-9-7-15/h2-5H,6-11H2,1H3,(H,17,18). The Morgan fingerprint density at radius 1 is 1.35 bits per heavy atom. The Morgan fingerprint density at radius 2 is 2.00 bits per heavy atom. The van der Waals surface area contributed by atoms with E-state index in [9.17, 15) is 4.79 Å². The summed E-state index contributed by atoms with van der Waals surface area (Å²) in [6.07, 6.45) is 1.89. The maximum absolute atomic E-state index is 12.2. The van der Waals surface area contributed by atoms with Crippen LogP contribution in [0.2, 0.25) is 0 Å². The van der Waals surface area contributed by atoms with Crippen molar-refractivity contribution in [2.24, 2.45) is 0 Å². The molecule has 0 atom stereocenters. The minimum atomic E-state index is -0.316. The SMILES string of the molecule is COc1ccc(CC(=O)NC2(CCl)CCOCC2)cc1. The van der Waals surface area contributed by atoms with Crippen LogP contribution in [0.1, 0.15) is 18.4 Å². The first-order valence-corrected chi connectivity index (χ1v) is 7.28. The summed E-state index contributed by atoms with van der Waals surface area (Å²) in [5, 5.41) is 3.08. The Balaban J connectivity index is 1.93. The number of rotatable bonds is 5. The monoisotopic (exact) mass is 297 g/mol. The second kappa shape index (κ2) is 6.95. The van der Waals surface area contributed by atoms with Crippen LogP contribution in [0.3, 0.4) is 0 Å². The molecule has 0 unspecified atom stereocenters. The van der Waals surface area contributed by atoms with Crippen LogP contribution in [0.4, 0.5) is 0 Å². The third kappa shape index (κ3) is 3.87. The van der Waals surface area contributed by atoms with Gasteiger partial charge in [0.05, 0.1) is 19.1 Å². The molecule has 20 heavy (non-hydrogen) atoms. The molecular formula is C15H20ClNO3. The zero-order valence-corrected chi connectivity index (χ0v) is 12.4. The average molecular weight is 298 g/mol. The molecule has 4 nitrogen and oxygen atoms in total. The van der Waals surface area contributed by atoms with Crippen molar-refractivity contribution in [2.45, 2.75) is 24.8 Å². The first-order valence-electron chi connectivity index (χ1n) is 6.75. The Morgan fingerprint density at radius 3 is 2.55 bits per heavy atom. The largest absolute Gasteiger partial charge is 0.497 e. The summed E-state index contributed by atoms with van der Waals surface area (Å²) in [7, 11) is 1.62. The van der Waals surface area contributed by atoms with Gasteiger partial charge >= 0.3 is 0 Å². The van der Waals surface area contributed by atoms with Gasteiger partial charge in [0.25, 0.3) is 0 Å². The number of halogens is 1. The third-order valence-electron chi connectivity index (χ3n) is 3.63. The van der Waals surface area contributed by atoms with Gasteiger partial charge in [-0.2, -0.15) is 0 Å². The van der Waals surface area contributed by atoms with Crippen molar-refractivity contribution in [1.29, 1.82) is 0 Å². The lowest BCUT2D eigenvalue weighted by Gasteiger charge is -2.36. The highest BCUT2D eigenvalue weighted by molar-refractivity contribution is 6.18. The van der Waals surface area contributed by atoms with Crippen LogP contribution >= 0.6 is 11.6 Å². The zero-order chi connectivity index (χ0) is 14.4. The minimum absolute atomic E-state index is 0.00211. The molecule has 1 saturated heterocycles. The average Bonchev–Trinajstić information content (AvgIpc) is 2.49.